The zero-order chi connectivity index (χ0) is 23.8. The molecule has 0 atom stereocenters. The van der Waals surface area contributed by atoms with Crippen LogP contribution in [0.1, 0.15) is 19.4 Å². The van der Waals surface area contributed by atoms with Crippen molar-refractivity contribution in [2.45, 2.75) is 26.5 Å². The van der Waals surface area contributed by atoms with E-state index < -0.39 is 17.9 Å². The fourth-order valence-electron chi connectivity index (χ4n) is 2.78. The van der Waals surface area contributed by atoms with E-state index in [-0.39, 0.29) is 18.7 Å². The van der Waals surface area contributed by atoms with E-state index in [0.29, 0.717) is 28.3 Å². The summed E-state index contributed by atoms with van der Waals surface area (Å²) >= 11 is 0. The molecule has 0 saturated heterocycles. The van der Waals surface area contributed by atoms with E-state index >= 15 is 0 Å². The zero-order valence-electron chi connectivity index (χ0n) is 18.4. The summed E-state index contributed by atoms with van der Waals surface area (Å²) < 4.78 is 15.5. The van der Waals surface area contributed by atoms with E-state index in [1.54, 1.807) is 48.5 Å². The highest BCUT2D eigenvalue weighted by molar-refractivity contribution is 6.43. The number of carbonyl (C=O) groups excluding carboxylic acids is 3. The van der Waals surface area contributed by atoms with E-state index in [1.807, 2.05) is 13.8 Å². The van der Waals surface area contributed by atoms with Crippen molar-refractivity contribution >= 4 is 29.3 Å². The van der Waals surface area contributed by atoms with E-state index in [1.165, 1.54) is 13.3 Å². The molecule has 0 aliphatic carbocycles. The molecule has 3 aromatic rings. The minimum absolute atomic E-state index is 0.0215. The first kappa shape index (κ1) is 23.3. The van der Waals surface area contributed by atoms with Crippen LogP contribution in [0.4, 0.5) is 16.2 Å². The zero-order valence-corrected chi connectivity index (χ0v) is 18.4. The summed E-state index contributed by atoms with van der Waals surface area (Å²) in [7, 11) is 1.44. The van der Waals surface area contributed by atoms with Gasteiger partial charge in [0.2, 0.25) is 0 Å². The highest BCUT2D eigenvalue weighted by Crippen LogP contribution is 2.25. The van der Waals surface area contributed by atoms with Gasteiger partial charge in [0.25, 0.3) is 0 Å². The summed E-state index contributed by atoms with van der Waals surface area (Å²) in [6, 6.07) is 13.4. The molecule has 0 aliphatic heterocycles. The number of rotatable bonds is 7. The second kappa shape index (κ2) is 10.8. The van der Waals surface area contributed by atoms with Crippen LogP contribution in [0.15, 0.2) is 59.1 Å². The molecular formula is C23H24N4O6. The molecule has 0 aliphatic rings. The molecule has 1 heterocycles. The van der Waals surface area contributed by atoms with Gasteiger partial charge < -0.3 is 29.8 Å². The van der Waals surface area contributed by atoms with Crippen molar-refractivity contribution in [3.8, 4) is 17.4 Å². The molecule has 0 saturated carbocycles. The molecule has 10 heteroatoms. The molecule has 3 amide bonds. The van der Waals surface area contributed by atoms with Gasteiger partial charge in [0.15, 0.2) is 5.76 Å². The first-order valence-electron chi connectivity index (χ1n) is 10.1. The molecule has 0 spiro atoms. The van der Waals surface area contributed by atoms with Gasteiger partial charge in [-0.25, -0.2) is 4.79 Å². The minimum Gasteiger partial charge on any atom is -0.454 e. The molecular weight excluding hydrogens is 428 g/mol. The predicted octanol–water partition coefficient (Wildman–Crippen LogP) is 3.56. The Labute approximate surface area is 190 Å². The third-order valence-corrected chi connectivity index (χ3v) is 4.23. The van der Waals surface area contributed by atoms with Crippen molar-refractivity contribution in [2.24, 2.45) is 0 Å². The van der Waals surface area contributed by atoms with Gasteiger partial charge in [-0.15, -0.1) is 0 Å². The number of amides is 3. The van der Waals surface area contributed by atoms with Crippen molar-refractivity contribution in [3.05, 3.63) is 60.3 Å². The standard InChI is InChI=1S/C23H24N4O6/c1-14(2)25-22(30)32-13-15-6-4-8-17(10-15)26-20(28)21(29)27-18-9-5-7-16(11-18)19-12-24-23(31-3)33-19/h4-12,14H,13H2,1-3H3,(H,25,30)(H,26,28)(H,27,29). The minimum atomic E-state index is -0.850. The molecule has 172 valence electrons. The maximum atomic E-state index is 12.4. The Bertz CT molecular complexity index is 1140. The highest BCUT2D eigenvalue weighted by Gasteiger charge is 2.15. The van der Waals surface area contributed by atoms with Crippen LogP contribution < -0.4 is 20.7 Å². The third-order valence-electron chi connectivity index (χ3n) is 4.23. The maximum Gasteiger partial charge on any atom is 0.407 e. The van der Waals surface area contributed by atoms with Crippen molar-refractivity contribution < 1.29 is 28.3 Å². The van der Waals surface area contributed by atoms with Gasteiger partial charge >= 0.3 is 24.0 Å². The number of alkyl carbamates (subject to hydrolysis) is 1. The summed E-state index contributed by atoms with van der Waals surface area (Å²) in [5.74, 6) is -1.24. The Morgan fingerprint density at radius 2 is 1.67 bits per heavy atom. The highest BCUT2D eigenvalue weighted by atomic mass is 16.6. The van der Waals surface area contributed by atoms with Gasteiger partial charge in [0.05, 0.1) is 13.3 Å². The normalized spacial score (nSPS) is 10.4. The number of methoxy groups -OCH3 is 1. The van der Waals surface area contributed by atoms with Crippen LogP contribution in [0, 0.1) is 0 Å². The Hall–Kier alpha value is -4.34. The molecule has 33 heavy (non-hydrogen) atoms. The second-order valence-corrected chi connectivity index (χ2v) is 7.26. The SMILES string of the molecule is COc1ncc(-c2cccc(NC(=O)C(=O)Nc3cccc(COC(=O)NC(C)C)c3)c2)o1. The molecule has 0 fully saturated rings. The van der Waals surface area contributed by atoms with Gasteiger partial charge in [0, 0.05) is 23.0 Å². The summed E-state index contributed by atoms with van der Waals surface area (Å²) in [5, 5.41) is 7.69. The molecule has 0 radical (unpaired) electrons. The number of hydrogen-bond donors (Lipinski definition) is 3. The number of aromatic nitrogens is 1. The lowest BCUT2D eigenvalue weighted by Gasteiger charge is -2.11. The molecule has 0 bridgehead atoms. The van der Waals surface area contributed by atoms with Crippen LogP contribution in [0.25, 0.3) is 11.3 Å². The molecule has 0 unspecified atom stereocenters. The first-order valence-corrected chi connectivity index (χ1v) is 10.1. The number of anilines is 2. The summed E-state index contributed by atoms with van der Waals surface area (Å²) in [5.41, 5.74) is 2.10. The average molecular weight is 452 g/mol. The average Bonchev–Trinajstić information content (AvgIpc) is 3.27. The van der Waals surface area contributed by atoms with Crippen LogP contribution in [0.5, 0.6) is 6.08 Å². The Balaban J connectivity index is 1.58. The summed E-state index contributed by atoms with van der Waals surface area (Å²) in [4.78, 5) is 40.3. The van der Waals surface area contributed by atoms with E-state index in [9.17, 15) is 14.4 Å². The van der Waals surface area contributed by atoms with Crippen LogP contribution in [0.3, 0.4) is 0 Å². The van der Waals surface area contributed by atoms with Gasteiger partial charge in [-0.1, -0.05) is 24.3 Å². The van der Waals surface area contributed by atoms with Crippen LogP contribution in [-0.2, 0) is 20.9 Å². The quantitative estimate of drug-likeness (QED) is 0.467. The van der Waals surface area contributed by atoms with Gasteiger partial charge in [0.1, 0.15) is 6.61 Å². The lowest BCUT2D eigenvalue weighted by Crippen LogP contribution is -2.30. The van der Waals surface area contributed by atoms with Crippen LogP contribution >= 0.6 is 0 Å². The van der Waals surface area contributed by atoms with Gasteiger partial charge in [-0.2, -0.15) is 4.98 Å². The Morgan fingerprint density at radius 3 is 2.30 bits per heavy atom. The van der Waals surface area contributed by atoms with Crippen molar-refractivity contribution in [2.75, 3.05) is 17.7 Å². The van der Waals surface area contributed by atoms with Gasteiger partial charge in [-0.05, 0) is 43.7 Å². The number of ether oxygens (including phenoxy) is 2. The topological polar surface area (TPSA) is 132 Å². The van der Waals surface area contributed by atoms with E-state index in [0.717, 1.165) is 0 Å². The maximum absolute atomic E-state index is 12.4. The lowest BCUT2D eigenvalue weighted by atomic mass is 10.1. The monoisotopic (exact) mass is 452 g/mol. The van der Waals surface area contributed by atoms with Crippen LogP contribution in [0.2, 0.25) is 0 Å². The molecule has 2 aromatic carbocycles. The largest absolute Gasteiger partial charge is 0.454 e. The fraction of sp³-hybridized carbons (Fsp3) is 0.217. The molecule has 1 aromatic heterocycles. The second-order valence-electron chi connectivity index (χ2n) is 7.26. The lowest BCUT2D eigenvalue weighted by molar-refractivity contribution is -0.132. The number of nitrogens with zero attached hydrogens (tertiary/aromatic N) is 1. The Kier molecular flexibility index (Phi) is 7.64. The van der Waals surface area contributed by atoms with Crippen molar-refractivity contribution in [3.63, 3.8) is 0 Å². The Morgan fingerprint density at radius 1 is 1.00 bits per heavy atom. The van der Waals surface area contributed by atoms with E-state index in [2.05, 4.69) is 20.9 Å². The number of benzene rings is 2. The smallest absolute Gasteiger partial charge is 0.407 e. The number of nitrogens with one attached hydrogen (secondary N) is 3. The molecule has 3 rings (SSSR count). The predicted molar refractivity (Wildman–Crippen MR) is 121 cm³/mol. The number of hydrogen-bond acceptors (Lipinski definition) is 7. The summed E-state index contributed by atoms with van der Waals surface area (Å²) in [6.45, 7) is 3.67. The molecule has 10 nitrogen and oxygen atoms in total. The number of oxazole rings is 1. The number of carbonyl (C=O) groups is 3. The van der Waals surface area contributed by atoms with Gasteiger partial charge in [-0.3, -0.25) is 9.59 Å². The van der Waals surface area contributed by atoms with Crippen LogP contribution in [-0.4, -0.2) is 36.0 Å². The first-order chi connectivity index (χ1) is 15.8. The van der Waals surface area contributed by atoms with Crippen molar-refractivity contribution in [1.29, 1.82) is 0 Å². The van der Waals surface area contributed by atoms with Crippen molar-refractivity contribution in [1.82, 2.24) is 10.3 Å². The fourth-order valence-corrected chi connectivity index (χ4v) is 2.78. The third kappa shape index (κ3) is 6.82. The summed E-state index contributed by atoms with van der Waals surface area (Å²) in [6.07, 6.45) is 1.08. The van der Waals surface area contributed by atoms with E-state index in [4.69, 9.17) is 13.9 Å². The molecule has 3 N–H and O–H groups in total.